The van der Waals surface area contributed by atoms with E-state index in [1.165, 1.54) is 4.90 Å². The third-order valence-electron chi connectivity index (χ3n) is 3.57. The van der Waals surface area contributed by atoms with Gasteiger partial charge in [0.15, 0.2) is 0 Å². The van der Waals surface area contributed by atoms with Crippen molar-refractivity contribution in [2.24, 2.45) is 0 Å². The molecule has 1 aliphatic heterocycles. The van der Waals surface area contributed by atoms with Crippen LogP contribution in [0.15, 0.2) is 18.2 Å². The Morgan fingerprint density at radius 1 is 1.37 bits per heavy atom. The van der Waals surface area contributed by atoms with Crippen LogP contribution in [0.25, 0.3) is 0 Å². The van der Waals surface area contributed by atoms with Crippen LogP contribution in [-0.4, -0.2) is 34.5 Å². The molecule has 1 heterocycles. The van der Waals surface area contributed by atoms with E-state index in [0.29, 0.717) is 24.2 Å². The number of carboxylic acid groups (broad SMARTS) is 1. The van der Waals surface area contributed by atoms with E-state index >= 15 is 0 Å². The molecule has 1 amide bonds. The van der Waals surface area contributed by atoms with Crippen molar-refractivity contribution >= 4 is 17.6 Å². The molecule has 1 aromatic carbocycles. The van der Waals surface area contributed by atoms with E-state index in [-0.39, 0.29) is 5.91 Å². The standard InChI is InChI=1S/C14H18N2O3/c1-9-5-6-10(8-11(9)15)13(17)16-7-3-2-4-12(16)14(18)19/h5-6,8,12H,2-4,7,15H2,1H3,(H,18,19)/t12-/m0/s1. The maximum Gasteiger partial charge on any atom is 0.326 e. The second kappa shape index (κ2) is 5.30. The zero-order valence-corrected chi connectivity index (χ0v) is 10.9. The molecule has 1 fully saturated rings. The Kier molecular flexibility index (Phi) is 3.74. The summed E-state index contributed by atoms with van der Waals surface area (Å²) in [5.41, 5.74) is 7.71. The number of nitrogens with two attached hydrogens (primary N) is 1. The van der Waals surface area contributed by atoms with Crippen molar-refractivity contribution in [3.05, 3.63) is 29.3 Å². The average Bonchev–Trinajstić information content (AvgIpc) is 2.41. The third kappa shape index (κ3) is 2.70. The van der Waals surface area contributed by atoms with Crippen molar-refractivity contribution < 1.29 is 14.7 Å². The number of amides is 1. The van der Waals surface area contributed by atoms with E-state index in [0.717, 1.165) is 18.4 Å². The molecule has 1 aliphatic rings. The van der Waals surface area contributed by atoms with Crippen LogP contribution in [0.4, 0.5) is 5.69 Å². The first kappa shape index (κ1) is 13.4. The second-order valence-corrected chi connectivity index (χ2v) is 4.92. The van der Waals surface area contributed by atoms with Crippen LogP contribution in [0.1, 0.15) is 35.2 Å². The van der Waals surface area contributed by atoms with Gasteiger partial charge >= 0.3 is 5.97 Å². The number of likely N-dealkylation sites (tertiary alicyclic amines) is 1. The van der Waals surface area contributed by atoms with Crippen LogP contribution >= 0.6 is 0 Å². The van der Waals surface area contributed by atoms with Gasteiger partial charge in [-0.15, -0.1) is 0 Å². The van der Waals surface area contributed by atoms with Crippen molar-refractivity contribution in [1.29, 1.82) is 0 Å². The number of piperidine rings is 1. The summed E-state index contributed by atoms with van der Waals surface area (Å²) in [4.78, 5) is 25.0. The summed E-state index contributed by atoms with van der Waals surface area (Å²) < 4.78 is 0. The van der Waals surface area contributed by atoms with Gasteiger partial charge in [-0.1, -0.05) is 6.07 Å². The highest BCUT2D eigenvalue weighted by Gasteiger charge is 2.32. The molecule has 0 spiro atoms. The van der Waals surface area contributed by atoms with Gasteiger partial charge in [-0.05, 0) is 43.9 Å². The first-order valence-electron chi connectivity index (χ1n) is 6.40. The third-order valence-corrected chi connectivity index (χ3v) is 3.57. The van der Waals surface area contributed by atoms with E-state index in [1.54, 1.807) is 18.2 Å². The van der Waals surface area contributed by atoms with E-state index < -0.39 is 12.0 Å². The molecule has 0 saturated carbocycles. The molecule has 102 valence electrons. The first-order valence-corrected chi connectivity index (χ1v) is 6.40. The lowest BCUT2D eigenvalue weighted by molar-refractivity contribution is -0.143. The van der Waals surface area contributed by atoms with Gasteiger partial charge in [0.2, 0.25) is 0 Å². The highest BCUT2D eigenvalue weighted by atomic mass is 16.4. The fourth-order valence-electron chi connectivity index (χ4n) is 2.37. The monoisotopic (exact) mass is 262 g/mol. The predicted molar refractivity (Wildman–Crippen MR) is 71.9 cm³/mol. The minimum atomic E-state index is -0.937. The van der Waals surface area contributed by atoms with Crippen LogP contribution in [0.3, 0.4) is 0 Å². The Bertz CT molecular complexity index is 513. The second-order valence-electron chi connectivity index (χ2n) is 4.92. The number of benzene rings is 1. The number of carbonyl (C=O) groups is 2. The summed E-state index contributed by atoms with van der Waals surface area (Å²) in [6.45, 7) is 2.36. The molecule has 0 radical (unpaired) electrons. The van der Waals surface area contributed by atoms with Crippen molar-refractivity contribution in [3.63, 3.8) is 0 Å². The smallest absolute Gasteiger partial charge is 0.326 e. The molecular weight excluding hydrogens is 244 g/mol. The maximum atomic E-state index is 12.4. The predicted octanol–water partition coefficient (Wildman–Crippen LogP) is 1.66. The maximum absolute atomic E-state index is 12.4. The van der Waals surface area contributed by atoms with Crippen molar-refractivity contribution in [3.8, 4) is 0 Å². The van der Waals surface area contributed by atoms with Gasteiger partial charge in [0.05, 0.1) is 0 Å². The fourth-order valence-corrected chi connectivity index (χ4v) is 2.37. The van der Waals surface area contributed by atoms with Gasteiger partial charge in [-0.2, -0.15) is 0 Å². The zero-order chi connectivity index (χ0) is 14.0. The van der Waals surface area contributed by atoms with Crippen LogP contribution in [0, 0.1) is 6.92 Å². The molecule has 0 bridgehead atoms. The van der Waals surface area contributed by atoms with Gasteiger partial charge in [0, 0.05) is 17.8 Å². The van der Waals surface area contributed by atoms with Crippen LogP contribution in [0.2, 0.25) is 0 Å². The molecule has 19 heavy (non-hydrogen) atoms. The molecule has 0 unspecified atom stereocenters. The number of hydrogen-bond donors (Lipinski definition) is 2. The largest absolute Gasteiger partial charge is 0.480 e. The van der Waals surface area contributed by atoms with Crippen molar-refractivity contribution in [2.45, 2.75) is 32.2 Å². The number of aryl methyl sites for hydroxylation is 1. The van der Waals surface area contributed by atoms with Crippen LogP contribution in [-0.2, 0) is 4.79 Å². The van der Waals surface area contributed by atoms with Crippen molar-refractivity contribution in [2.75, 3.05) is 12.3 Å². The lowest BCUT2D eigenvalue weighted by Gasteiger charge is -2.33. The molecular formula is C14H18N2O3. The number of anilines is 1. The minimum Gasteiger partial charge on any atom is -0.480 e. The van der Waals surface area contributed by atoms with Crippen molar-refractivity contribution in [1.82, 2.24) is 4.90 Å². The molecule has 0 aromatic heterocycles. The van der Waals surface area contributed by atoms with Gasteiger partial charge < -0.3 is 15.7 Å². The molecule has 0 aliphatic carbocycles. The highest BCUT2D eigenvalue weighted by Crippen LogP contribution is 2.21. The minimum absolute atomic E-state index is 0.251. The van der Waals surface area contributed by atoms with Crippen LogP contribution < -0.4 is 5.73 Å². The molecule has 5 nitrogen and oxygen atoms in total. The van der Waals surface area contributed by atoms with E-state index in [9.17, 15) is 14.7 Å². The number of nitrogen functional groups attached to an aromatic ring is 1. The number of aliphatic carboxylic acids is 1. The summed E-state index contributed by atoms with van der Waals surface area (Å²) in [6.07, 6.45) is 2.20. The number of rotatable bonds is 2. The normalized spacial score (nSPS) is 19.2. The van der Waals surface area contributed by atoms with Gasteiger partial charge in [-0.3, -0.25) is 4.79 Å². The van der Waals surface area contributed by atoms with E-state index in [4.69, 9.17) is 5.73 Å². The summed E-state index contributed by atoms with van der Waals surface area (Å²) in [5, 5.41) is 9.18. The molecule has 3 N–H and O–H groups in total. The number of nitrogens with zero attached hydrogens (tertiary/aromatic N) is 1. The van der Waals surface area contributed by atoms with Gasteiger partial charge in [-0.25, -0.2) is 4.79 Å². The lowest BCUT2D eigenvalue weighted by atomic mass is 10.0. The summed E-state index contributed by atoms with van der Waals surface area (Å²) in [7, 11) is 0. The topological polar surface area (TPSA) is 83.6 Å². The van der Waals surface area contributed by atoms with Gasteiger partial charge in [0.1, 0.15) is 6.04 Å². The molecule has 2 rings (SSSR count). The van der Waals surface area contributed by atoms with E-state index in [1.807, 2.05) is 6.92 Å². The first-order chi connectivity index (χ1) is 9.00. The SMILES string of the molecule is Cc1ccc(C(=O)N2CCCC[C@H]2C(=O)O)cc1N. The molecule has 1 saturated heterocycles. The Hall–Kier alpha value is -2.04. The van der Waals surface area contributed by atoms with Crippen LogP contribution in [0.5, 0.6) is 0 Å². The summed E-state index contributed by atoms with van der Waals surface area (Å²) in [6, 6.07) is 4.37. The molecule has 1 atom stereocenters. The number of carboxylic acids is 1. The zero-order valence-electron chi connectivity index (χ0n) is 10.9. The Balaban J connectivity index is 2.26. The number of carbonyl (C=O) groups excluding carboxylic acids is 1. The highest BCUT2D eigenvalue weighted by molar-refractivity contribution is 5.97. The molecule has 5 heteroatoms. The summed E-state index contributed by atoms with van der Waals surface area (Å²) in [5.74, 6) is -1.19. The Morgan fingerprint density at radius 2 is 2.11 bits per heavy atom. The van der Waals surface area contributed by atoms with Gasteiger partial charge in [0.25, 0.3) is 5.91 Å². The summed E-state index contributed by atoms with van der Waals surface area (Å²) >= 11 is 0. The average molecular weight is 262 g/mol. The molecule has 1 aromatic rings. The van der Waals surface area contributed by atoms with E-state index in [2.05, 4.69) is 0 Å². The lowest BCUT2D eigenvalue weighted by Crippen LogP contribution is -2.48. The quantitative estimate of drug-likeness (QED) is 0.794. The fraction of sp³-hybridized carbons (Fsp3) is 0.429. The Labute approximate surface area is 112 Å². The Morgan fingerprint density at radius 3 is 2.74 bits per heavy atom. The number of hydrogen-bond acceptors (Lipinski definition) is 3.